The fourth-order valence-corrected chi connectivity index (χ4v) is 2.56. The zero-order chi connectivity index (χ0) is 14.8. The molecule has 3 nitrogen and oxygen atoms in total. The summed E-state index contributed by atoms with van der Waals surface area (Å²) in [7, 11) is 0. The maximum Gasteiger partial charge on any atom is 0.309 e. The maximum atomic E-state index is 12.1. The van der Waals surface area contributed by atoms with Crippen molar-refractivity contribution in [3.63, 3.8) is 0 Å². The van der Waals surface area contributed by atoms with E-state index in [4.69, 9.17) is 9.47 Å². The molecule has 1 aliphatic rings. The van der Waals surface area contributed by atoms with Crippen LogP contribution in [0.4, 0.5) is 0 Å². The number of ether oxygens (including phenoxy) is 2. The number of rotatable bonds is 6. The standard InChI is InChI=1S/C17H24O3/c1-12(2)10-20-16(18)15-14(17(15,3)4)11-19-13-8-6-5-7-9-13/h5-9,12,14-15H,10-11H2,1-4H3. The van der Waals surface area contributed by atoms with Crippen LogP contribution < -0.4 is 4.74 Å². The molecule has 1 aromatic rings. The van der Waals surface area contributed by atoms with Crippen LogP contribution in [-0.2, 0) is 9.53 Å². The van der Waals surface area contributed by atoms with E-state index in [1.165, 1.54) is 0 Å². The van der Waals surface area contributed by atoms with Gasteiger partial charge < -0.3 is 9.47 Å². The van der Waals surface area contributed by atoms with E-state index in [0.29, 0.717) is 19.1 Å². The molecule has 0 aromatic heterocycles. The highest BCUT2D eigenvalue weighted by Gasteiger charge is 2.63. The molecule has 0 heterocycles. The third-order valence-corrected chi connectivity index (χ3v) is 4.04. The van der Waals surface area contributed by atoms with E-state index in [-0.39, 0.29) is 23.2 Å². The lowest BCUT2D eigenvalue weighted by Crippen LogP contribution is -2.14. The smallest absolute Gasteiger partial charge is 0.309 e. The fourth-order valence-electron chi connectivity index (χ4n) is 2.56. The first-order valence-electron chi connectivity index (χ1n) is 7.27. The minimum absolute atomic E-state index is 0.0250. The average Bonchev–Trinajstić information content (AvgIpc) is 2.96. The molecule has 1 aromatic carbocycles. The van der Waals surface area contributed by atoms with Crippen molar-refractivity contribution in [2.24, 2.45) is 23.2 Å². The Morgan fingerprint density at radius 1 is 1.25 bits per heavy atom. The molecule has 20 heavy (non-hydrogen) atoms. The highest BCUT2D eigenvalue weighted by atomic mass is 16.5. The molecule has 2 rings (SSSR count). The molecule has 0 bridgehead atoms. The van der Waals surface area contributed by atoms with Gasteiger partial charge in [-0.15, -0.1) is 0 Å². The summed E-state index contributed by atoms with van der Waals surface area (Å²) in [6.45, 7) is 9.36. The number of hydrogen-bond acceptors (Lipinski definition) is 3. The SMILES string of the molecule is CC(C)COC(=O)C1C(COc2ccccc2)C1(C)C. The van der Waals surface area contributed by atoms with Crippen molar-refractivity contribution in [2.45, 2.75) is 27.7 Å². The van der Waals surface area contributed by atoms with Crippen LogP contribution in [-0.4, -0.2) is 19.2 Å². The summed E-state index contributed by atoms with van der Waals surface area (Å²) in [6.07, 6.45) is 0. The molecule has 0 spiro atoms. The van der Waals surface area contributed by atoms with Crippen LogP contribution >= 0.6 is 0 Å². The lowest BCUT2D eigenvalue weighted by Gasteiger charge is -2.07. The third-order valence-electron chi connectivity index (χ3n) is 4.04. The minimum atomic E-state index is -0.0784. The van der Waals surface area contributed by atoms with Crippen LogP contribution in [0, 0.1) is 23.2 Å². The molecule has 3 heteroatoms. The molecule has 0 amide bonds. The zero-order valence-electron chi connectivity index (χ0n) is 12.8. The molecule has 1 fully saturated rings. The molecular formula is C17H24O3. The van der Waals surface area contributed by atoms with E-state index in [2.05, 4.69) is 13.8 Å². The van der Waals surface area contributed by atoms with Gasteiger partial charge in [0.1, 0.15) is 5.75 Å². The van der Waals surface area contributed by atoms with Crippen LogP contribution in [0.2, 0.25) is 0 Å². The van der Waals surface area contributed by atoms with Crippen LogP contribution in [0.25, 0.3) is 0 Å². The van der Waals surface area contributed by atoms with Gasteiger partial charge in [-0.2, -0.15) is 0 Å². The van der Waals surface area contributed by atoms with Crippen molar-refractivity contribution in [3.8, 4) is 5.75 Å². The normalized spacial score (nSPS) is 23.4. The molecule has 1 aliphatic carbocycles. The lowest BCUT2D eigenvalue weighted by atomic mass is 10.1. The molecular weight excluding hydrogens is 252 g/mol. The van der Waals surface area contributed by atoms with Gasteiger partial charge >= 0.3 is 5.97 Å². The van der Waals surface area contributed by atoms with Crippen LogP contribution in [0.15, 0.2) is 30.3 Å². The van der Waals surface area contributed by atoms with Gasteiger partial charge in [0, 0.05) is 5.92 Å². The van der Waals surface area contributed by atoms with E-state index in [0.717, 1.165) is 5.75 Å². The first-order valence-corrected chi connectivity index (χ1v) is 7.27. The van der Waals surface area contributed by atoms with Crippen molar-refractivity contribution >= 4 is 5.97 Å². The van der Waals surface area contributed by atoms with Gasteiger partial charge in [0.2, 0.25) is 0 Å². The highest BCUT2D eigenvalue weighted by Crippen LogP contribution is 2.58. The van der Waals surface area contributed by atoms with Gasteiger partial charge in [-0.1, -0.05) is 45.9 Å². The van der Waals surface area contributed by atoms with E-state index in [9.17, 15) is 4.79 Å². The predicted octanol–water partition coefficient (Wildman–Crippen LogP) is 3.54. The lowest BCUT2D eigenvalue weighted by molar-refractivity contribution is -0.147. The average molecular weight is 276 g/mol. The molecule has 1 saturated carbocycles. The van der Waals surface area contributed by atoms with Crippen LogP contribution in [0.5, 0.6) is 5.75 Å². The van der Waals surface area contributed by atoms with Crippen molar-refractivity contribution in [3.05, 3.63) is 30.3 Å². The van der Waals surface area contributed by atoms with Gasteiger partial charge in [-0.05, 0) is 23.5 Å². The van der Waals surface area contributed by atoms with Crippen LogP contribution in [0.1, 0.15) is 27.7 Å². The Bertz CT molecular complexity index is 451. The summed E-state index contributed by atoms with van der Waals surface area (Å²) in [6, 6.07) is 9.71. The summed E-state index contributed by atoms with van der Waals surface area (Å²) in [5, 5.41) is 0. The van der Waals surface area contributed by atoms with Gasteiger partial charge in [0.25, 0.3) is 0 Å². The Hall–Kier alpha value is -1.51. The Balaban J connectivity index is 1.85. The van der Waals surface area contributed by atoms with Gasteiger partial charge in [0.05, 0.1) is 19.1 Å². The molecule has 2 atom stereocenters. The Morgan fingerprint density at radius 2 is 1.90 bits per heavy atom. The fraction of sp³-hybridized carbons (Fsp3) is 0.588. The monoisotopic (exact) mass is 276 g/mol. The topological polar surface area (TPSA) is 35.5 Å². The maximum absolute atomic E-state index is 12.1. The second kappa shape index (κ2) is 5.86. The summed E-state index contributed by atoms with van der Waals surface area (Å²) < 4.78 is 11.1. The van der Waals surface area contributed by atoms with Crippen LogP contribution in [0.3, 0.4) is 0 Å². The number of para-hydroxylation sites is 1. The van der Waals surface area contributed by atoms with Crippen molar-refractivity contribution < 1.29 is 14.3 Å². The van der Waals surface area contributed by atoms with Gasteiger partial charge in [0.15, 0.2) is 0 Å². The second-order valence-electron chi connectivity index (χ2n) is 6.55. The zero-order valence-corrected chi connectivity index (χ0v) is 12.8. The highest BCUT2D eigenvalue weighted by molar-refractivity contribution is 5.77. The number of carbonyl (C=O) groups excluding carboxylic acids is 1. The first-order chi connectivity index (χ1) is 9.43. The second-order valence-corrected chi connectivity index (χ2v) is 6.55. The summed E-state index contributed by atoms with van der Waals surface area (Å²) in [5.41, 5.74) is -0.0250. The third kappa shape index (κ3) is 3.33. The summed E-state index contributed by atoms with van der Waals surface area (Å²) in [5.74, 6) is 1.35. The van der Waals surface area contributed by atoms with E-state index < -0.39 is 0 Å². The predicted molar refractivity (Wildman–Crippen MR) is 78.5 cm³/mol. The summed E-state index contributed by atoms with van der Waals surface area (Å²) in [4.78, 5) is 12.1. The van der Waals surface area contributed by atoms with Crippen molar-refractivity contribution in [1.82, 2.24) is 0 Å². The Labute approximate surface area is 121 Å². The largest absolute Gasteiger partial charge is 0.493 e. The number of benzene rings is 1. The molecule has 2 unspecified atom stereocenters. The summed E-state index contributed by atoms with van der Waals surface area (Å²) >= 11 is 0. The van der Waals surface area contributed by atoms with Gasteiger partial charge in [-0.25, -0.2) is 0 Å². The van der Waals surface area contributed by atoms with Gasteiger partial charge in [-0.3, -0.25) is 4.79 Å². The molecule has 0 radical (unpaired) electrons. The molecule has 0 saturated heterocycles. The number of hydrogen-bond donors (Lipinski definition) is 0. The van der Waals surface area contributed by atoms with Crippen molar-refractivity contribution in [1.29, 1.82) is 0 Å². The molecule has 0 N–H and O–H groups in total. The van der Waals surface area contributed by atoms with E-state index in [1.54, 1.807) is 0 Å². The number of esters is 1. The minimum Gasteiger partial charge on any atom is -0.493 e. The quantitative estimate of drug-likeness (QED) is 0.746. The van der Waals surface area contributed by atoms with Crippen molar-refractivity contribution in [2.75, 3.05) is 13.2 Å². The molecule has 110 valence electrons. The first kappa shape index (κ1) is 14.9. The van der Waals surface area contributed by atoms with E-state index in [1.807, 2.05) is 44.2 Å². The number of carbonyl (C=O) groups is 1. The Morgan fingerprint density at radius 3 is 2.50 bits per heavy atom. The Kier molecular flexibility index (Phi) is 4.36. The van der Waals surface area contributed by atoms with E-state index >= 15 is 0 Å². The molecule has 0 aliphatic heterocycles.